The summed E-state index contributed by atoms with van der Waals surface area (Å²) in [5.41, 5.74) is 5.96. The number of carbonyl (C=O) groups is 2. The van der Waals surface area contributed by atoms with Crippen LogP contribution in [0, 0.1) is 5.92 Å². The van der Waals surface area contributed by atoms with E-state index < -0.39 is 12.1 Å². The van der Waals surface area contributed by atoms with Crippen molar-refractivity contribution >= 4 is 11.8 Å². The second-order valence-corrected chi connectivity index (χ2v) is 6.14. The molecule has 0 spiro atoms. The summed E-state index contributed by atoms with van der Waals surface area (Å²) in [6.07, 6.45) is 2.69. The molecule has 0 bridgehead atoms. The van der Waals surface area contributed by atoms with Crippen LogP contribution in [0.5, 0.6) is 0 Å². The fraction of sp³-hybridized carbons (Fsp3) is 0.857. The summed E-state index contributed by atoms with van der Waals surface area (Å²) in [6, 6.07) is -0.787. The van der Waals surface area contributed by atoms with E-state index >= 15 is 0 Å². The first kappa shape index (κ1) is 15.3. The van der Waals surface area contributed by atoms with Crippen LogP contribution in [0.4, 0.5) is 0 Å². The lowest BCUT2D eigenvalue weighted by Crippen LogP contribution is -2.59. The lowest BCUT2D eigenvalue weighted by atomic mass is 10.0. The van der Waals surface area contributed by atoms with Crippen molar-refractivity contribution in [2.75, 3.05) is 19.8 Å². The molecule has 2 amide bonds. The molecule has 1 aliphatic heterocycles. The zero-order valence-electron chi connectivity index (χ0n) is 12.3. The molecular weight excluding hydrogens is 258 g/mol. The summed E-state index contributed by atoms with van der Waals surface area (Å²) in [6.45, 7) is 5.23. The molecule has 0 aromatic rings. The first-order valence-electron chi connectivity index (χ1n) is 7.43. The third-order valence-electron chi connectivity index (χ3n) is 3.68. The van der Waals surface area contributed by atoms with Crippen LogP contribution in [-0.2, 0) is 14.3 Å². The Labute approximate surface area is 120 Å². The Hall–Kier alpha value is -1.14. The van der Waals surface area contributed by atoms with Crippen LogP contribution in [0.3, 0.4) is 0 Å². The Bertz CT molecular complexity index is 369. The van der Waals surface area contributed by atoms with Crippen molar-refractivity contribution < 1.29 is 14.3 Å². The van der Waals surface area contributed by atoms with Gasteiger partial charge in [0.25, 0.3) is 0 Å². The number of nitrogens with one attached hydrogen (secondary N) is 1. The Morgan fingerprint density at radius 3 is 2.70 bits per heavy atom. The van der Waals surface area contributed by atoms with Gasteiger partial charge in [-0.15, -0.1) is 0 Å². The number of nitrogens with zero attached hydrogens (tertiary/aromatic N) is 1. The number of nitrogens with two attached hydrogens (primary N) is 1. The fourth-order valence-electron chi connectivity index (χ4n) is 2.43. The molecule has 1 heterocycles. The monoisotopic (exact) mass is 283 g/mol. The zero-order valence-corrected chi connectivity index (χ0v) is 12.3. The van der Waals surface area contributed by atoms with E-state index in [1.165, 1.54) is 0 Å². The standard InChI is InChI=1S/C14H25N3O3/c1-9(2)7-11(15)14(19)17-5-6-20-8-12(17)13(18)16-10-3-4-10/h9-12H,3-8,15H2,1-2H3,(H,16,18)/t11-,12?/m1/s1. The average Bonchev–Trinajstić information content (AvgIpc) is 3.21. The molecule has 20 heavy (non-hydrogen) atoms. The van der Waals surface area contributed by atoms with Crippen molar-refractivity contribution in [2.24, 2.45) is 11.7 Å². The van der Waals surface area contributed by atoms with Crippen LogP contribution in [0.2, 0.25) is 0 Å². The molecule has 1 unspecified atom stereocenters. The number of amides is 2. The van der Waals surface area contributed by atoms with Gasteiger partial charge in [0.15, 0.2) is 0 Å². The molecule has 0 aromatic heterocycles. The quantitative estimate of drug-likeness (QED) is 0.736. The molecule has 2 fully saturated rings. The number of rotatable bonds is 5. The van der Waals surface area contributed by atoms with Crippen molar-refractivity contribution in [3.63, 3.8) is 0 Å². The van der Waals surface area contributed by atoms with E-state index in [1.807, 2.05) is 13.8 Å². The Kier molecular flexibility index (Phi) is 4.99. The molecule has 6 heteroatoms. The zero-order chi connectivity index (χ0) is 14.7. The molecule has 0 radical (unpaired) electrons. The van der Waals surface area contributed by atoms with Crippen molar-refractivity contribution in [1.29, 1.82) is 0 Å². The van der Waals surface area contributed by atoms with Gasteiger partial charge in [-0.05, 0) is 25.2 Å². The minimum absolute atomic E-state index is 0.114. The summed E-state index contributed by atoms with van der Waals surface area (Å²) >= 11 is 0. The Morgan fingerprint density at radius 1 is 1.40 bits per heavy atom. The molecule has 1 saturated heterocycles. The summed E-state index contributed by atoms with van der Waals surface area (Å²) in [4.78, 5) is 26.2. The normalized spacial score (nSPS) is 24.6. The second-order valence-electron chi connectivity index (χ2n) is 6.14. The Morgan fingerprint density at radius 2 is 2.10 bits per heavy atom. The van der Waals surface area contributed by atoms with Gasteiger partial charge in [0.1, 0.15) is 6.04 Å². The first-order valence-corrected chi connectivity index (χ1v) is 7.43. The summed E-state index contributed by atoms with van der Waals surface area (Å²) < 4.78 is 5.35. The summed E-state index contributed by atoms with van der Waals surface area (Å²) in [7, 11) is 0. The Balaban J connectivity index is 1.97. The highest BCUT2D eigenvalue weighted by atomic mass is 16.5. The topological polar surface area (TPSA) is 84.7 Å². The van der Waals surface area contributed by atoms with E-state index in [-0.39, 0.29) is 24.5 Å². The van der Waals surface area contributed by atoms with Crippen LogP contribution >= 0.6 is 0 Å². The minimum Gasteiger partial charge on any atom is -0.377 e. The number of ether oxygens (including phenoxy) is 1. The number of hydrogen-bond acceptors (Lipinski definition) is 4. The van der Waals surface area contributed by atoms with E-state index in [1.54, 1.807) is 4.90 Å². The molecule has 1 saturated carbocycles. The average molecular weight is 283 g/mol. The van der Waals surface area contributed by atoms with Crippen molar-refractivity contribution in [2.45, 2.75) is 51.2 Å². The molecule has 3 N–H and O–H groups in total. The second kappa shape index (κ2) is 6.54. The molecule has 1 aliphatic carbocycles. The van der Waals surface area contributed by atoms with Crippen LogP contribution in [0.1, 0.15) is 33.1 Å². The van der Waals surface area contributed by atoms with Gasteiger partial charge in [0.05, 0.1) is 19.3 Å². The van der Waals surface area contributed by atoms with Gasteiger partial charge in [-0.3, -0.25) is 9.59 Å². The molecule has 6 nitrogen and oxygen atoms in total. The summed E-state index contributed by atoms with van der Waals surface area (Å²) in [5, 5.41) is 2.93. The van der Waals surface area contributed by atoms with Gasteiger partial charge in [-0.1, -0.05) is 13.8 Å². The van der Waals surface area contributed by atoms with Crippen molar-refractivity contribution in [1.82, 2.24) is 10.2 Å². The molecule has 2 aliphatic rings. The minimum atomic E-state index is -0.538. The number of morpholine rings is 1. The highest BCUT2D eigenvalue weighted by Crippen LogP contribution is 2.20. The van der Waals surface area contributed by atoms with E-state index in [0.29, 0.717) is 25.5 Å². The predicted octanol–water partition coefficient (Wildman–Crippen LogP) is -0.134. The first-order chi connectivity index (χ1) is 9.49. The maximum atomic E-state index is 12.4. The third-order valence-corrected chi connectivity index (χ3v) is 3.68. The van der Waals surface area contributed by atoms with Gasteiger partial charge >= 0.3 is 0 Å². The van der Waals surface area contributed by atoms with E-state index in [9.17, 15) is 9.59 Å². The van der Waals surface area contributed by atoms with Crippen LogP contribution in [-0.4, -0.2) is 54.6 Å². The van der Waals surface area contributed by atoms with Gasteiger partial charge in [-0.2, -0.15) is 0 Å². The predicted molar refractivity (Wildman–Crippen MR) is 74.9 cm³/mol. The fourth-order valence-corrected chi connectivity index (χ4v) is 2.43. The maximum absolute atomic E-state index is 12.4. The van der Waals surface area contributed by atoms with Gasteiger partial charge in [0, 0.05) is 12.6 Å². The highest BCUT2D eigenvalue weighted by molar-refractivity contribution is 5.90. The number of hydrogen-bond donors (Lipinski definition) is 2. The van der Waals surface area contributed by atoms with Gasteiger partial charge in [-0.25, -0.2) is 0 Å². The summed E-state index contributed by atoms with van der Waals surface area (Å²) in [5.74, 6) is 0.101. The van der Waals surface area contributed by atoms with E-state index in [2.05, 4.69) is 5.32 Å². The lowest BCUT2D eigenvalue weighted by molar-refractivity contribution is -0.149. The maximum Gasteiger partial charge on any atom is 0.245 e. The molecule has 2 atom stereocenters. The van der Waals surface area contributed by atoms with Gasteiger partial charge in [0.2, 0.25) is 11.8 Å². The SMILES string of the molecule is CC(C)C[C@@H](N)C(=O)N1CCOCC1C(=O)NC1CC1. The van der Waals surface area contributed by atoms with E-state index in [0.717, 1.165) is 12.8 Å². The lowest BCUT2D eigenvalue weighted by Gasteiger charge is -2.36. The van der Waals surface area contributed by atoms with Crippen molar-refractivity contribution in [3.8, 4) is 0 Å². The molecule has 114 valence electrons. The number of carbonyl (C=O) groups excluding carboxylic acids is 2. The third kappa shape index (κ3) is 3.93. The van der Waals surface area contributed by atoms with Crippen LogP contribution < -0.4 is 11.1 Å². The van der Waals surface area contributed by atoms with E-state index in [4.69, 9.17) is 10.5 Å². The highest BCUT2D eigenvalue weighted by Gasteiger charge is 2.37. The smallest absolute Gasteiger partial charge is 0.245 e. The largest absolute Gasteiger partial charge is 0.377 e. The molecular formula is C14H25N3O3. The molecule has 0 aromatic carbocycles. The van der Waals surface area contributed by atoms with Crippen molar-refractivity contribution in [3.05, 3.63) is 0 Å². The van der Waals surface area contributed by atoms with Crippen LogP contribution in [0.25, 0.3) is 0 Å². The van der Waals surface area contributed by atoms with Gasteiger partial charge < -0.3 is 20.7 Å². The van der Waals surface area contributed by atoms with Crippen LogP contribution in [0.15, 0.2) is 0 Å². The molecule has 2 rings (SSSR count).